The quantitative estimate of drug-likeness (QED) is 0.346. The molecular formula is C14H31N2O2P. The van der Waals surface area contributed by atoms with Crippen molar-refractivity contribution in [1.29, 1.82) is 0 Å². The maximum Gasteiger partial charge on any atom is 0.360 e. The lowest BCUT2D eigenvalue weighted by Crippen LogP contribution is -2.08. The van der Waals surface area contributed by atoms with Crippen molar-refractivity contribution in [3.8, 4) is 0 Å². The van der Waals surface area contributed by atoms with Crippen molar-refractivity contribution in [1.82, 2.24) is 5.09 Å². The third-order valence-corrected chi connectivity index (χ3v) is 3.62. The predicted octanol–water partition coefficient (Wildman–Crippen LogP) is 4.46. The molecule has 1 unspecified atom stereocenters. The fourth-order valence-corrected chi connectivity index (χ4v) is 2.31. The molecule has 0 aliphatic carbocycles. The van der Waals surface area contributed by atoms with Crippen molar-refractivity contribution in [2.75, 3.05) is 0 Å². The summed E-state index contributed by atoms with van der Waals surface area (Å²) in [7, 11) is -3.58. The third-order valence-electron chi connectivity index (χ3n) is 3.10. The molecule has 114 valence electrons. The Kier molecular flexibility index (Phi) is 12.5. The Morgan fingerprint density at radius 2 is 1.47 bits per heavy atom. The van der Waals surface area contributed by atoms with Gasteiger partial charge in [-0.05, 0) is 12.8 Å². The summed E-state index contributed by atoms with van der Waals surface area (Å²) in [5.41, 5.74) is 4.92. The molecule has 0 aliphatic rings. The Morgan fingerprint density at radius 1 is 1.00 bits per heavy atom. The SMILES string of the molecule is CCCCCCCCCCCCC=CNP(N)(=O)O. The number of unbranched alkanes of at least 4 members (excludes halogenated alkanes) is 10. The first-order chi connectivity index (χ1) is 9.06. The van der Waals surface area contributed by atoms with E-state index in [0.717, 1.165) is 12.8 Å². The number of nitrogens with one attached hydrogen (secondary N) is 1. The molecule has 0 aliphatic heterocycles. The van der Waals surface area contributed by atoms with E-state index in [4.69, 9.17) is 10.4 Å². The first-order valence-corrected chi connectivity index (χ1v) is 9.33. The lowest BCUT2D eigenvalue weighted by atomic mass is 10.1. The Balaban J connectivity index is 3.13. The predicted molar refractivity (Wildman–Crippen MR) is 82.7 cm³/mol. The standard InChI is InChI=1S/C14H31N2O2P/c1-2-3-4-5-6-7-8-9-10-11-12-13-14-16-19(15,17)18/h13-14H,2-12H2,1H3,(H4,15,16,17,18). The molecule has 0 saturated heterocycles. The second kappa shape index (κ2) is 12.7. The maximum absolute atomic E-state index is 10.7. The molecule has 1 atom stereocenters. The summed E-state index contributed by atoms with van der Waals surface area (Å²) >= 11 is 0. The topological polar surface area (TPSA) is 75.3 Å². The van der Waals surface area contributed by atoms with Gasteiger partial charge in [-0.15, -0.1) is 0 Å². The van der Waals surface area contributed by atoms with Gasteiger partial charge in [0.25, 0.3) is 0 Å². The molecule has 0 amide bonds. The van der Waals surface area contributed by atoms with Gasteiger partial charge in [-0.25, -0.2) is 10.1 Å². The van der Waals surface area contributed by atoms with Crippen molar-refractivity contribution in [2.45, 2.75) is 77.6 Å². The highest BCUT2D eigenvalue weighted by Crippen LogP contribution is 2.22. The number of nitrogens with two attached hydrogens (primary N) is 1. The van der Waals surface area contributed by atoms with E-state index in [2.05, 4.69) is 12.0 Å². The van der Waals surface area contributed by atoms with E-state index in [9.17, 15) is 4.57 Å². The van der Waals surface area contributed by atoms with E-state index < -0.39 is 7.67 Å². The van der Waals surface area contributed by atoms with Crippen LogP contribution >= 0.6 is 7.67 Å². The summed E-state index contributed by atoms with van der Waals surface area (Å²) in [5, 5.41) is 2.27. The van der Waals surface area contributed by atoms with Gasteiger partial charge < -0.3 is 9.98 Å². The molecule has 0 aromatic carbocycles. The third kappa shape index (κ3) is 17.7. The summed E-state index contributed by atoms with van der Waals surface area (Å²) in [4.78, 5) is 8.77. The summed E-state index contributed by atoms with van der Waals surface area (Å²) in [5.74, 6) is 0. The van der Waals surface area contributed by atoms with Gasteiger partial charge in [0.15, 0.2) is 0 Å². The minimum absolute atomic E-state index is 0.934. The molecule has 0 radical (unpaired) electrons. The molecule has 0 aromatic rings. The van der Waals surface area contributed by atoms with Crippen LogP contribution in [0.2, 0.25) is 0 Å². The van der Waals surface area contributed by atoms with Crippen LogP contribution in [0.25, 0.3) is 0 Å². The number of allylic oxidation sites excluding steroid dienone is 1. The first-order valence-electron chi connectivity index (χ1n) is 7.60. The molecule has 5 heteroatoms. The van der Waals surface area contributed by atoms with Crippen LogP contribution in [-0.2, 0) is 4.57 Å². The molecule has 4 N–H and O–H groups in total. The normalized spacial score (nSPS) is 14.7. The minimum Gasteiger partial charge on any atom is -0.318 e. The molecule has 0 bridgehead atoms. The fourth-order valence-electron chi connectivity index (χ4n) is 1.99. The average Bonchev–Trinajstić information content (AvgIpc) is 2.34. The van der Waals surface area contributed by atoms with Crippen molar-refractivity contribution in [2.24, 2.45) is 5.50 Å². The number of hydrogen-bond donors (Lipinski definition) is 3. The minimum atomic E-state index is -3.58. The largest absolute Gasteiger partial charge is 0.360 e. The van der Waals surface area contributed by atoms with Crippen LogP contribution in [0.4, 0.5) is 0 Å². The van der Waals surface area contributed by atoms with Crippen molar-refractivity contribution < 1.29 is 9.46 Å². The Morgan fingerprint density at radius 3 is 1.95 bits per heavy atom. The molecule has 0 saturated carbocycles. The van der Waals surface area contributed by atoms with E-state index in [0.29, 0.717) is 0 Å². The van der Waals surface area contributed by atoms with Crippen molar-refractivity contribution in [3.63, 3.8) is 0 Å². The monoisotopic (exact) mass is 290 g/mol. The Bertz CT molecular complexity index is 264. The van der Waals surface area contributed by atoms with E-state index >= 15 is 0 Å². The van der Waals surface area contributed by atoms with Crippen LogP contribution in [0, 0.1) is 0 Å². The van der Waals surface area contributed by atoms with Crippen LogP contribution in [0.5, 0.6) is 0 Å². The highest BCUT2D eigenvalue weighted by atomic mass is 31.2. The molecule has 0 heterocycles. The van der Waals surface area contributed by atoms with Gasteiger partial charge in [-0.2, -0.15) is 0 Å². The van der Waals surface area contributed by atoms with E-state index in [1.54, 1.807) is 0 Å². The zero-order valence-electron chi connectivity index (χ0n) is 12.3. The van der Waals surface area contributed by atoms with Gasteiger partial charge >= 0.3 is 7.67 Å². The zero-order chi connectivity index (χ0) is 14.4. The summed E-state index contributed by atoms with van der Waals surface area (Å²) < 4.78 is 10.7. The van der Waals surface area contributed by atoms with Crippen LogP contribution < -0.4 is 10.6 Å². The lowest BCUT2D eigenvalue weighted by molar-refractivity contribution is 0.472. The highest BCUT2D eigenvalue weighted by Gasteiger charge is 2.03. The van der Waals surface area contributed by atoms with Crippen molar-refractivity contribution in [3.05, 3.63) is 12.3 Å². The van der Waals surface area contributed by atoms with Crippen LogP contribution in [0.1, 0.15) is 77.6 Å². The molecule has 0 fully saturated rings. The average molecular weight is 290 g/mol. The van der Waals surface area contributed by atoms with E-state index in [-0.39, 0.29) is 0 Å². The Hall–Kier alpha value is -0.310. The molecule has 0 rings (SSSR count). The maximum atomic E-state index is 10.7. The van der Waals surface area contributed by atoms with Crippen LogP contribution in [-0.4, -0.2) is 4.89 Å². The van der Waals surface area contributed by atoms with Crippen LogP contribution in [0.15, 0.2) is 12.3 Å². The van der Waals surface area contributed by atoms with Gasteiger partial charge in [0, 0.05) is 6.20 Å². The molecular weight excluding hydrogens is 259 g/mol. The highest BCUT2D eigenvalue weighted by molar-refractivity contribution is 7.53. The second-order valence-corrected chi connectivity index (χ2v) is 6.63. The second-order valence-electron chi connectivity index (χ2n) is 5.13. The van der Waals surface area contributed by atoms with Gasteiger partial charge in [0.2, 0.25) is 0 Å². The van der Waals surface area contributed by atoms with Gasteiger partial charge in [-0.3, -0.25) is 0 Å². The lowest BCUT2D eigenvalue weighted by Gasteiger charge is -2.03. The first kappa shape index (κ1) is 18.7. The fraction of sp³-hybridized carbons (Fsp3) is 0.857. The molecule has 19 heavy (non-hydrogen) atoms. The van der Waals surface area contributed by atoms with Crippen LogP contribution in [0.3, 0.4) is 0 Å². The summed E-state index contributed by atoms with van der Waals surface area (Å²) in [6.07, 6.45) is 17.5. The summed E-state index contributed by atoms with van der Waals surface area (Å²) in [6, 6.07) is 0. The van der Waals surface area contributed by atoms with Crippen molar-refractivity contribution >= 4 is 7.67 Å². The molecule has 4 nitrogen and oxygen atoms in total. The Labute approximate surface area is 118 Å². The summed E-state index contributed by atoms with van der Waals surface area (Å²) in [6.45, 7) is 2.25. The number of rotatable bonds is 13. The van der Waals surface area contributed by atoms with Gasteiger partial charge in [0.1, 0.15) is 0 Å². The molecule has 0 spiro atoms. The van der Waals surface area contributed by atoms with E-state index in [1.165, 1.54) is 64.0 Å². The van der Waals surface area contributed by atoms with Gasteiger partial charge in [0.05, 0.1) is 0 Å². The molecule has 0 aromatic heterocycles. The number of hydrogen-bond acceptors (Lipinski definition) is 1. The van der Waals surface area contributed by atoms with Gasteiger partial charge in [-0.1, -0.05) is 70.8 Å². The zero-order valence-corrected chi connectivity index (χ0v) is 13.2. The smallest absolute Gasteiger partial charge is 0.318 e. The van der Waals surface area contributed by atoms with E-state index in [1.807, 2.05) is 6.08 Å².